The highest BCUT2D eigenvalue weighted by Gasteiger charge is 2.12. The number of aromatic nitrogens is 2. The highest BCUT2D eigenvalue weighted by Crippen LogP contribution is 2.32. The summed E-state index contributed by atoms with van der Waals surface area (Å²) in [7, 11) is 0. The van der Waals surface area contributed by atoms with Gasteiger partial charge >= 0.3 is 0 Å². The van der Waals surface area contributed by atoms with E-state index in [1.807, 2.05) is 13.8 Å². The maximum absolute atomic E-state index is 5.79. The summed E-state index contributed by atoms with van der Waals surface area (Å²) in [6, 6.07) is 14.6. The quantitative estimate of drug-likeness (QED) is 0.575. The Morgan fingerprint density at radius 3 is 2.57 bits per heavy atom. The van der Waals surface area contributed by atoms with E-state index in [9.17, 15) is 0 Å². The molecule has 0 aliphatic heterocycles. The van der Waals surface area contributed by atoms with Gasteiger partial charge in [0, 0.05) is 5.56 Å². The van der Waals surface area contributed by atoms with Gasteiger partial charge in [-0.1, -0.05) is 40.8 Å². The van der Waals surface area contributed by atoms with Crippen molar-refractivity contribution in [3.05, 3.63) is 53.9 Å². The van der Waals surface area contributed by atoms with Crippen LogP contribution >= 0.6 is 11.3 Å². The second-order valence-electron chi connectivity index (χ2n) is 5.51. The molecule has 4 nitrogen and oxygen atoms in total. The molecule has 0 aliphatic rings. The normalized spacial score (nSPS) is 11.2. The molecule has 114 valence electrons. The van der Waals surface area contributed by atoms with Gasteiger partial charge in [0.25, 0.3) is 0 Å². The van der Waals surface area contributed by atoms with E-state index in [0.717, 1.165) is 43.9 Å². The molecule has 0 bridgehead atoms. The summed E-state index contributed by atoms with van der Waals surface area (Å²) < 4.78 is 6.39. The monoisotopic (exact) mass is 321 g/mol. The standard InChI is InChI=1S/C18H15N3OS/c1-10-17(11(2)22-21-10)14-5-3-4-12(8-14)13-6-7-16-15(9-13)20-18(19)23-16/h3-9H,1-2H3,(H2,19,20). The SMILES string of the molecule is Cc1noc(C)c1-c1cccc(-c2ccc3sc(N)nc3c2)c1. The van der Waals surface area contributed by atoms with Crippen molar-refractivity contribution in [3.8, 4) is 22.3 Å². The third-order valence-electron chi connectivity index (χ3n) is 3.92. The number of benzene rings is 2. The molecule has 0 unspecified atom stereocenters. The zero-order valence-corrected chi connectivity index (χ0v) is 13.6. The van der Waals surface area contributed by atoms with Gasteiger partial charge in [-0.3, -0.25) is 0 Å². The Balaban J connectivity index is 1.84. The van der Waals surface area contributed by atoms with E-state index in [4.69, 9.17) is 10.3 Å². The zero-order chi connectivity index (χ0) is 16.0. The Morgan fingerprint density at radius 2 is 1.78 bits per heavy atom. The van der Waals surface area contributed by atoms with Crippen LogP contribution in [0.2, 0.25) is 0 Å². The van der Waals surface area contributed by atoms with Crippen molar-refractivity contribution in [1.82, 2.24) is 10.1 Å². The number of hydrogen-bond acceptors (Lipinski definition) is 5. The molecule has 0 saturated carbocycles. The summed E-state index contributed by atoms with van der Waals surface area (Å²) in [4.78, 5) is 4.37. The van der Waals surface area contributed by atoms with Crippen molar-refractivity contribution in [3.63, 3.8) is 0 Å². The Bertz CT molecular complexity index is 997. The summed E-state index contributed by atoms with van der Waals surface area (Å²) >= 11 is 1.51. The summed E-state index contributed by atoms with van der Waals surface area (Å²) in [5.41, 5.74) is 12.1. The van der Waals surface area contributed by atoms with E-state index in [1.54, 1.807) is 0 Å². The number of hydrogen-bond donors (Lipinski definition) is 1. The minimum Gasteiger partial charge on any atom is -0.375 e. The average molecular weight is 321 g/mol. The number of nitrogens with two attached hydrogens (primary N) is 1. The van der Waals surface area contributed by atoms with Gasteiger partial charge in [-0.25, -0.2) is 4.98 Å². The number of anilines is 1. The van der Waals surface area contributed by atoms with Gasteiger partial charge in [-0.15, -0.1) is 0 Å². The van der Waals surface area contributed by atoms with Gasteiger partial charge in [-0.2, -0.15) is 0 Å². The molecule has 4 aromatic rings. The lowest BCUT2D eigenvalue weighted by molar-refractivity contribution is 0.393. The lowest BCUT2D eigenvalue weighted by Crippen LogP contribution is -1.84. The molecule has 2 aromatic carbocycles. The number of nitrogens with zero attached hydrogens (tertiary/aromatic N) is 2. The van der Waals surface area contributed by atoms with E-state index < -0.39 is 0 Å². The zero-order valence-electron chi connectivity index (χ0n) is 12.8. The van der Waals surface area contributed by atoms with E-state index in [2.05, 4.69) is 52.6 Å². The number of aryl methyl sites for hydroxylation is 2. The fraction of sp³-hybridized carbons (Fsp3) is 0.111. The number of nitrogen functional groups attached to an aromatic ring is 1. The van der Waals surface area contributed by atoms with Crippen molar-refractivity contribution in [2.45, 2.75) is 13.8 Å². The van der Waals surface area contributed by atoms with Gasteiger partial charge < -0.3 is 10.3 Å². The Hall–Kier alpha value is -2.66. The van der Waals surface area contributed by atoms with Gasteiger partial charge in [-0.05, 0) is 48.7 Å². The lowest BCUT2D eigenvalue weighted by Gasteiger charge is -2.06. The Labute approximate surface area is 137 Å². The molecule has 0 aliphatic carbocycles. The summed E-state index contributed by atoms with van der Waals surface area (Å²) in [5.74, 6) is 0.836. The molecule has 2 heterocycles. The van der Waals surface area contributed by atoms with Crippen molar-refractivity contribution in [2.75, 3.05) is 5.73 Å². The Kier molecular flexibility index (Phi) is 3.16. The molecule has 0 radical (unpaired) electrons. The van der Waals surface area contributed by atoms with E-state index in [-0.39, 0.29) is 0 Å². The molecule has 0 saturated heterocycles. The molecular formula is C18H15N3OS. The molecule has 2 aromatic heterocycles. The molecule has 23 heavy (non-hydrogen) atoms. The molecule has 4 rings (SSSR count). The van der Waals surface area contributed by atoms with Crippen molar-refractivity contribution < 1.29 is 4.52 Å². The highest BCUT2D eigenvalue weighted by molar-refractivity contribution is 7.22. The minimum atomic E-state index is 0.599. The number of thiazole rings is 1. The molecule has 0 fully saturated rings. The minimum absolute atomic E-state index is 0.599. The first-order valence-corrected chi connectivity index (χ1v) is 8.13. The largest absolute Gasteiger partial charge is 0.375 e. The van der Waals surface area contributed by atoms with Crippen LogP contribution in [0.3, 0.4) is 0 Å². The lowest BCUT2D eigenvalue weighted by atomic mass is 9.98. The van der Waals surface area contributed by atoms with Crippen LogP contribution in [0.25, 0.3) is 32.5 Å². The van der Waals surface area contributed by atoms with Crippen LogP contribution in [0.15, 0.2) is 47.0 Å². The first-order valence-electron chi connectivity index (χ1n) is 7.31. The average Bonchev–Trinajstić information content (AvgIpc) is 3.08. The number of rotatable bonds is 2. The molecule has 2 N–H and O–H groups in total. The fourth-order valence-corrected chi connectivity index (χ4v) is 3.59. The molecular weight excluding hydrogens is 306 g/mol. The molecule has 0 spiro atoms. The van der Waals surface area contributed by atoms with Crippen molar-refractivity contribution in [2.24, 2.45) is 0 Å². The fourth-order valence-electron chi connectivity index (χ4n) is 2.87. The van der Waals surface area contributed by atoms with Crippen LogP contribution in [0.1, 0.15) is 11.5 Å². The van der Waals surface area contributed by atoms with E-state index in [1.165, 1.54) is 11.3 Å². The molecule has 0 amide bonds. The highest BCUT2D eigenvalue weighted by atomic mass is 32.1. The maximum atomic E-state index is 5.79. The van der Waals surface area contributed by atoms with Crippen LogP contribution in [-0.2, 0) is 0 Å². The summed E-state index contributed by atoms with van der Waals surface area (Å²) in [6.45, 7) is 3.90. The van der Waals surface area contributed by atoms with Gasteiger partial charge in [0.2, 0.25) is 0 Å². The predicted molar refractivity (Wildman–Crippen MR) is 94.4 cm³/mol. The third-order valence-corrected chi connectivity index (χ3v) is 4.79. The van der Waals surface area contributed by atoms with Gasteiger partial charge in [0.15, 0.2) is 5.13 Å². The van der Waals surface area contributed by atoms with Crippen LogP contribution in [0, 0.1) is 13.8 Å². The van der Waals surface area contributed by atoms with Crippen LogP contribution < -0.4 is 5.73 Å². The van der Waals surface area contributed by atoms with Gasteiger partial charge in [0.1, 0.15) is 5.76 Å². The van der Waals surface area contributed by atoms with Crippen molar-refractivity contribution >= 4 is 26.7 Å². The maximum Gasteiger partial charge on any atom is 0.181 e. The van der Waals surface area contributed by atoms with E-state index in [0.29, 0.717) is 5.13 Å². The predicted octanol–water partition coefficient (Wildman–Crippen LogP) is 4.82. The summed E-state index contributed by atoms with van der Waals surface area (Å²) in [6.07, 6.45) is 0. The molecule has 0 atom stereocenters. The molecule has 5 heteroatoms. The Morgan fingerprint density at radius 1 is 1.00 bits per heavy atom. The van der Waals surface area contributed by atoms with E-state index >= 15 is 0 Å². The van der Waals surface area contributed by atoms with Gasteiger partial charge in [0.05, 0.1) is 15.9 Å². The second-order valence-corrected chi connectivity index (χ2v) is 6.58. The first kappa shape index (κ1) is 14.0. The smallest absolute Gasteiger partial charge is 0.181 e. The topological polar surface area (TPSA) is 64.9 Å². The van der Waals surface area contributed by atoms with Crippen molar-refractivity contribution in [1.29, 1.82) is 0 Å². The number of fused-ring (bicyclic) bond motifs is 1. The second kappa shape index (κ2) is 5.21. The van der Waals surface area contributed by atoms with Crippen LogP contribution in [-0.4, -0.2) is 10.1 Å². The van der Waals surface area contributed by atoms with Crippen LogP contribution in [0.5, 0.6) is 0 Å². The summed E-state index contributed by atoms with van der Waals surface area (Å²) in [5, 5.41) is 4.64. The first-order chi connectivity index (χ1) is 11.1. The van der Waals surface area contributed by atoms with Crippen LogP contribution in [0.4, 0.5) is 5.13 Å². The third kappa shape index (κ3) is 2.39.